The summed E-state index contributed by atoms with van der Waals surface area (Å²) in [7, 11) is -3.77. The molecule has 1 aromatic heterocycles. The summed E-state index contributed by atoms with van der Waals surface area (Å²) >= 11 is 1.17. The second-order valence-electron chi connectivity index (χ2n) is 5.81. The van der Waals surface area contributed by atoms with Crippen LogP contribution in [-0.4, -0.2) is 34.8 Å². The van der Waals surface area contributed by atoms with Crippen LogP contribution in [0.4, 0.5) is 5.69 Å². The fraction of sp³-hybridized carbons (Fsp3) is 0.111. The summed E-state index contributed by atoms with van der Waals surface area (Å²) in [5.74, 6) is -0.274. The lowest BCUT2D eigenvalue weighted by atomic mass is 10.2. The minimum Gasteiger partial charge on any atom is -0.325 e. The molecule has 8 nitrogen and oxygen atoms in total. The van der Waals surface area contributed by atoms with Crippen LogP contribution in [0.3, 0.4) is 0 Å². The number of nitrogens with two attached hydrogens (primary N) is 1. The van der Waals surface area contributed by atoms with E-state index in [1.165, 1.54) is 36.0 Å². The van der Waals surface area contributed by atoms with Crippen molar-refractivity contribution >= 4 is 33.4 Å². The van der Waals surface area contributed by atoms with Gasteiger partial charge in [-0.05, 0) is 31.2 Å². The molecule has 1 amide bonds. The fourth-order valence-electron chi connectivity index (χ4n) is 2.24. The molecule has 28 heavy (non-hydrogen) atoms. The van der Waals surface area contributed by atoms with Crippen molar-refractivity contribution in [2.75, 3.05) is 5.32 Å². The maximum absolute atomic E-state index is 12.3. The Hall–Kier alpha value is -2.82. The predicted octanol–water partition coefficient (Wildman–Crippen LogP) is 2.31. The molecule has 0 bridgehead atoms. The molecule has 0 aliphatic carbocycles. The molecule has 0 aliphatic rings. The lowest BCUT2D eigenvalue weighted by molar-refractivity contribution is -0.115. The third kappa shape index (κ3) is 5.12. The van der Waals surface area contributed by atoms with Crippen LogP contribution in [0.25, 0.3) is 11.3 Å². The first-order chi connectivity index (χ1) is 13.3. The molecule has 10 heteroatoms. The molecule has 3 aromatic rings. The van der Waals surface area contributed by atoms with E-state index < -0.39 is 15.3 Å². The molecule has 3 N–H and O–H groups in total. The lowest BCUT2D eigenvalue weighted by Crippen LogP contribution is -2.22. The van der Waals surface area contributed by atoms with Gasteiger partial charge in [0.2, 0.25) is 21.1 Å². The standard InChI is InChI=1S/C18H17N5O3S2/c1-12(17(24)21-14-7-9-15(10-8-14)28(19,25)26)27-18-20-11-16(22-23-18)13-5-3-2-4-6-13/h2-12H,1H3,(H,21,24)(H2,19,25,26)/t12-/m1/s1. The Bertz CT molecular complexity index is 1060. The van der Waals surface area contributed by atoms with Crippen LogP contribution in [0.5, 0.6) is 0 Å². The summed E-state index contributed by atoms with van der Waals surface area (Å²) in [5.41, 5.74) is 2.02. The smallest absolute Gasteiger partial charge is 0.238 e. The number of primary sulfonamides is 1. The number of aromatic nitrogens is 3. The van der Waals surface area contributed by atoms with Gasteiger partial charge >= 0.3 is 0 Å². The molecule has 1 atom stereocenters. The molecular formula is C18H17N5O3S2. The van der Waals surface area contributed by atoms with E-state index in [1.54, 1.807) is 13.1 Å². The van der Waals surface area contributed by atoms with E-state index >= 15 is 0 Å². The molecule has 0 radical (unpaired) electrons. The van der Waals surface area contributed by atoms with Crippen molar-refractivity contribution in [1.82, 2.24) is 15.2 Å². The SMILES string of the molecule is C[C@@H](Sc1ncc(-c2ccccc2)nn1)C(=O)Nc1ccc(S(N)(=O)=O)cc1. The number of nitrogens with zero attached hydrogens (tertiary/aromatic N) is 3. The molecule has 0 fully saturated rings. The Labute approximate surface area is 166 Å². The predicted molar refractivity (Wildman–Crippen MR) is 107 cm³/mol. The van der Waals surface area contributed by atoms with Gasteiger partial charge in [-0.3, -0.25) is 4.79 Å². The average molecular weight is 416 g/mol. The summed E-state index contributed by atoms with van der Waals surface area (Å²) in [5, 5.41) is 15.9. The minimum atomic E-state index is -3.77. The van der Waals surface area contributed by atoms with Crippen molar-refractivity contribution < 1.29 is 13.2 Å². The Morgan fingerprint density at radius 2 is 1.75 bits per heavy atom. The van der Waals surface area contributed by atoms with E-state index in [2.05, 4.69) is 20.5 Å². The topological polar surface area (TPSA) is 128 Å². The number of hydrogen-bond acceptors (Lipinski definition) is 7. The second kappa shape index (κ2) is 8.46. The van der Waals surface area contributed by atoms with Crippen LogP contribution < -0.4 is 10.5 Å². The fourth-order valence-corrected chi connectivity index (χ4v) is 3.44. The summed E-state index contributed by atoms with van der Waals surface area (Å²) < 4.78 is 22.5. The largest absolute Gasteiger partial charge is 0.325 e. The van der Waals surface area contributed by atoms with Gasteiger partial charge in [-0.15, -0.1) is 10.2 Å². The highest BCUT2D eigenvalue weighted by Gasteiger charge is 2.17. The number of benzene rings is 2. The Balaban J connectivity index is 1.61. The van der Waals surface area contributed by atoms with E-state index in [1.807, 2.05) is 30.3 Å². The van der Waals surface area contributed by atoms with Crippen LogP contribution in [0.1, 0.15) is 6.92 Å². The van der Waals surface area contributed by atoms with Gasteiger partial charge in [0.05, 0.1) is 16.3 Å². The zero-order valence-corrected chi connectivity index (χ0v) is 16.4. The molecule has 0 saturated carbocycles. The van der Waals surface area contributed by atoms with Crippen LogP contribution in [0.15, 0.2) is 70.8 Å². The maximum Gasteiger partial charge on any atom is 0.238 e. The summed E-state index contributed by atoms with van der Waals surface area (Å²) in [6.07, 6.45) is 1.61. The molecule has 3 rings (SSSR count). The Morgan fingerprint density at radius 3 is 2.32 bits per heavy atom. The van der Waals surface area contributed by atoms with Gasteiger partial charge in [0.25, 0.3) is 0 Å². The Kier molecular flexibility index (Phi) is 6.02. The summed E-state index contributed by atoms with van der Waals surface area (Å²) in [6.45, 7) is 1.72. The third-order valence-electron chi connectivity index (χ3n) is 3.71. The quantitative estimate of drug-likeness (QED) is 0.591. The highest BCUT2D eigenvalue weighted by atomic mass is 32.2. The van der Waals surface area contributed by atoms with Crippen LogP contribution >= 0.6 is 11.8 Å². The van der Waals surface area contributed by atoms with Crippen LogP contribution in [0.2, 0.25) is 0 Å². The maximum atomic E-state index is 12.3. The number of carbonyl (C=O) groups is 1. The third-order valence-corrected chi connectivity index (χ3v) is 5.61. The molecule has 1 heterocycles. The zero-order valence-electron chi connectivity index (χ0n) is 14.8. The highest BCUT2D eigenvalue weighted by molar-refractivity contribution is 8.00. The van der Waals surface area contributed by atoms with E-state index in [9.17, 15) is 13.2 Å². The van der Waals surface area contributed by atoms with Gasteiger partial charge in [-0.25, -0.2) is 18.5 Å². The summed E-state index contributed by atoms with van der Waals surface area (Å²) in [6, 6.07) is 15.2. The van der Waals surface area contributed by atoms with Crippen molar-refractivity contribution in [3.63, 3.8) is 0 Å². The van der Waals surface area contributed by atoms with Crippen molar-refractivity contribution in [2.45, 2.75) is 22.2 Å². The second-order valence-corrected chi connectivity index (χ2v) is 8.68. The van der Waals surface area contributed by atoms with Crippen LogP contribution in [0, 0.1) is 0 Å². The number of hydrogen-bond donors (Lipinski definition) is 2. The number of amides is 1. The molecule has 0 saturated heterocycles. The molecule has 2 aromatic carbocycles. The normalized spacial score (nSPS) is 12.4. The molecule has 0 spiro atoms. The van der Waals surface area contributed by atoms with Gasteiger partial charge in [0, 0.05) is 11.3 Å². The monoisotopic (exact) mass is 415 g/mol. The zero-order chi connectivity index (χ0) is 20.1. The van der Waals surface area contributed by atoms with Gasteiger partial charge in [-0.2, -0.15) is 0 Å². The highest BCUT2D eigenvalue weighted by Crippen LogP contribution is 2.22. The van der Waals surface area contributed by atoms with Gasteiger partial charge in [0.15, 0.2) is 0 Å². The summed E-state index contributed by atoms with van der Waals surface area (Å²) in [4.78, 5) is 16.6. The number of anilines is 1. The molecule has 0 unspecified atom stereocenters. The molecule has 144 valence electrons. The first kappa shape index (κ1) is 19.9. The van der Waals surface area contributed by atoms with E-state index in [4.69, 9.17) is 5.14 Å². The first-order valence-electron chi connectivity index (χ1n) is 8.18. The van der Waals surface area contributed by atoms with E-state index in [0.717, 1.165) is 5.56 Å². The van der Waals surface area contributed by atoms with Crippen molar-refractivity contribution in [3.05, 3.63) is 60.8 Å². The van der Waals surface area contributed by atoms with E-state index in [-0.39, 0.29) is 10.8 Å². The van der Waals surface area contributed by atoms with Gasteiger partial charge < -0.3 is 5.32 Å². The minimum absolute atomic E-state index is 0.0223. The van der Waals surface area contributed by atoms with Crippen molar-refractivity contribution in [3.8, 4) is 11.3 Å². The van der Waals surface area contributed by atoms with Crippen molar-refractivity contribution in [1.29, 1.82) is 0 Å². The number of thioether (sulfide) groups is 1. The number of carbonyl (C=O) groups excluding carboxylic acids is 1. The van der Waals surface area contributed by atoms with Crippen LogP contribution in [-0.2, 0) is 14.8 Å². The van der Waals surface area contributed by atoms with E-state index in [0.29, 0.717) is 16.5 Å². The number of sulfonamides is 1. The number of nitrogens with one attached hydrogen (secondary N) is 1. The first-order valence-corrected chi connectivity index (χ1v) is 10.6. The molecule has 0 aliphatic heterocycles. The lowest BCUT2D eigenvalue weighted by Gasteiger charge is -2.11. The average Bonchev–Trinajstić information content (AvgIpc) is 2.69. The molecular weight excluding hydrogens is 398 g/mol. The number of rotatable bonds is 6. The van der Waals surface area contributed by atoms with Gasteiger partial charge in [-0.1, -0.05) is 42.1 Å². The Morgan fingerprint density at radius 1 is 1.07 bits per heavy atom. The van der Waals surface area contributed by atoms with Crippen molar-refractivity contribution in [2.24, 2.45) is 5.14 Å². The van der Waals surface area contributed by atoms with Gasteiger partial charge in [0.1, 0.15) is 5.69 Å².